The summed E-state index contributed by atoms with van der Waals surface area (Å²) >= 11 is 0. The summed E-state index contributed by atoms with van der Waals surface area (Å²) in [5.74, 6) is 0. The zero-order chi connectivity index (χ0) is 8.16. The van der Waals surface area contributed by atoms with E-state index in [2.05, 4.69) is 12.2 Å². The Balaban J connectivity index is 2.13. The van der Waals surface area contributed by atoms with Crippen molar-refractivity contribution in [1.82, 2.24) is 5.32 Å². The minimum absolute atomic E-state index is 0.260. The molecule has 0 bridgehead atoms. The van der Waals surface area contributed by atoms with Crippen LogP contribution in [0, 0.1) is 5.41 Å². The number of rotatable bonds is 4. The van der Waals surface area contributed by atoms with E-state index in [0.717, 1.165) is 13.1 Å². The average molecular weight is 157 g/mol. The largest absolute Gasteiger partial charge is 0.395 e. The highest BCUT2D eigenvalue weighted by molar-refractivity contribution is 4.81. The third-order valence-electron chi connectivity index (χ3n) is 2.65. The second kappa shape index (κ2) is 4.07. The number of hydrogen-bond acceptors (Lipinski definition) is 2. The van der Waals surface area contributed by atoms with Crippen LogP contribution in [0.5, 0.6) is 0 Å². The number of aliphatic hydroxyl groups excluding tert-OH is 1. The van der Waals surface area contributed by atoms with E-state index in [0.29, 0.717) is 5.41 Å². The van der Waals surface area contributed by atoms with Crippen LogP contribution in [0.4, 0.5) is 0 Å². The van der Waals surface area contributed by atoms with Gasteiger partial charge in [-0.2, -0.15) is 0 Å². The van der Waals surface area contributed by atoms with E-state index < -0.39 is 0 Å². The van der Waals surface area contributed by atoms with Gasteiger partial charge in [-0.05, 0) is 18.3 Å². The van der Waals surface area contributed by atoms with Crippen molar-refractivity contribution in [2.75, 3.05) is 19.7 Å². The Hall–Kier alpha value is -0.0800. The summed E-state index contributed by atoms with van der Waals surface area (Å²) in [4.78, 5) is 0. The molecular formula is C9H19NO. The van der Waals surface area contributed by atoms with E-state index in [-0.39, 0.29) is 6.61 Å². The summed E-state index contributed by atoms with van der Waals surface area (Å²) in [6.07, 6.45) is 5.48. The van der Waals surface area contributed by atoms with E-state index in [1.54, 1.807) is 0 Å². The Kier molecular flexibility index (Phi) is 3.34. The van der Waals surface area contributed by atoms with Crippen LogP contribution < -0.4 is 5.32 Å². The van der Waals surface area contributed by atoms with Crippen molar-refractivity contribution in [3.05, 3.63) is 0 Å². The summed E-state index contributed by atoms with van der Waals surface area (Å²) < 4.78 is 0. The normalized spacial score (nSPS) is 22.4. The molecule has 0 heterocycles. The predicted octanol–water partition coefficient (Wildman–Crippen LogP) is 1.15. The van der Waals surface area contributed by atoms with Crippen molar-refractivity contribution in [2.24, 2.45) is 5.41 Å². The highest BCUT2D eigenvalue weighted by Gasteiger charge is 2.27. The van der Waals surface area contributed by atoms with Gasteiger partial charge < -0.3 is 10.4 Å². The molecule has 0 spiro atoms. The van der Waals surface area contributed by atoms with Crippen LogP contribution in [0.3, 0.4) is 0 Å². The molecule has 1 saturated carbocycles. The maximum Gasteiger partial charge on any atom is 0.0555 e. The van der Waals surface area contributed by atoms with E-state index in [1.165, 1.54) is 25.7 Å². The molecule has 2 N–H and O–H groups in total. The summed E-state index contributed by atoms with van der Waals surface area (Å²) in [7, 11) is 0. The zero-order valence-electron chi connectivity index (χ0n) is 7.40. The first-order valence-corrected chi connectivity index (χ1v) is 4.58. The SMILES string of the molecule is CC1(CNCCO)CCCC1. The Labute approximate surface area is 69.0 Å². The van der Waals surface area contributed by atoms with Gasteiger partial charge in [0.2, 0.25) is 0 Å². The number of hydrogen-bond donors (Lipinski definition) is 2. The molecule has 0 atom stereocenters. The van der Waals surface area contributed by atoms with Crippen molar-refractivity contribution >= 4 is 0 Å². The molecule has 1 rings (SSSR count). The van der Waals surface area contributed by atoms with Crippen LogP contribution in [-0.2, 0) is 0 Å². The molecule has 0 aliphatic heterocycles. The van der Waals surface area contributed by atoms with Crippen LogP contribution in [0.25, 0.3) is 0 Å². The van der Waals surface area contributed by atoms with Gasteiger partial charge in [0.05, 0.1) is 6.61 Å². The summed E-state index contributed by atoms with van der Waals surface area (Å²) in [5.41, 5.74) is 0.523. The molecule has 66 valence electrons. The number of nitrogens with one attached hydrogen (secondary N) is 1. The molecule has 2 heteroatoms. The molecule has 0 amide bonds. The molecule has 0 aromatic carbocycles. The van der Waals surface area contributed by atoms with Crippen LogP contribution in [0.2, 0.25) is 0 Å². The highest BCUT2D eigenvalue weighted by Crippen LogP contribution is 2.36. The van der Waals surface area contributed by atoms with E-state index in [4.69, 9.17) is 5.11 Å². The monoisotopic (exact) mass is 157 g/mol. The predicted molar refractivity (Wildman–Crippen MR) is 46.5 cm³/mol. The topological polar surface area (TPSA) is 32.3 Å². The molecule has 0 saturated heterocycles. The minimum atomic E-state index is 0.260. The molecule has 11 heavy (non-hydrogen) atoms. The maximum absolute atomic E-state index is 8.56. The van der Waals surface area contributed by atoms with E-state index in [1.807, 2.05) is 0 Å². The van der Waals surface area contributed by atoms with E-state index in [9.17, 15) is 0 Å². The van der Waals surface area contributed by atoms with Gasteiger partial charge in [-0.1, -0.05) is 19.8 Å². The molecule has 0 aromatic heterocycles. The van der Waals surface area contributed by atoms with Crippen LogP contribution in [0.1, 0.15) is 32.6 Å². The molecule has 0 radical (unpaired) electrons. The molecule has 0 aromatic rings. The van der Waals surface area contributed by atoms with Crippen molar-refractivity contribution in [3.8, 4) is 0 Å². The van der Waals surface area contributed by atoms with Gasteiger partial charge in [-0.3, -0.25) is 0 Å². The summed E-state index contributed by atoms with van der Waals surface area (Å²) in [6.45, 7) is 4.42. The van der Waals surface area contributed by atoms with Crippen molar-refractivity contribution < 1.29 is 5.11 Å². The van der Waals surface area contributed by atoms with Crippen LogP contribution in [0.15, 0.2) is 0 Å². The van der Waals surface area contributed by atoms with Gasteiger partial charge in [-0.15, -0.1) is 0 Å². The second-order valence-corrected chi connectivity index (χ2v) is 3.92. The smallest absolute Gasteiger partial charge is 0.0555 e. The number of aliphatic hydroxyl groups is 1. The minimum Gasteiger partial charge on any atom is -0.395 e. The van der Waals surface area contributed by atoms with Crippen molar-refractivity contribution in [2.45, 2.75) is 32.6 Å². The first-order chi connectivity index (χ1) is 5.27. The fraction of sp³-hybridized carbons (Fsp3) is 1.00. The Bertz CT molecular complexity index is 108. The molecule has 1 aliphatic rings. The van der Waals surface area contributed by atoms with Crippen LogP contribution >= 0.6 is 0 Å². The lowest BCUT2D eigenvalue weighted by Crippen LogP contribution is -2.31. The third-order valence-corrected chi connectivity index (χ3v) is 2.65. The Morgan fingerprint density at radius 3 is 2.55 bits per heavy atom. The lowest BCUT2D eigenvalue weighted by Gasteiger charge is -2.23. The molecular weight excluding hydrogens is 138 g/mol. The van der Waals surface area contributed by atoms with Gasteiger partial charge in [0, 0.05) is 13.1 Å². The van der Waals surface area contributed by atoms with Crippen LogP contribution in [-0.4, -0.2) is 24.8 Å². The average Bonchev–Trinajstić information content (AvgIpc) is 2.38. The standard InChI is InChI=1S/C9H19NO/c1-9(4-2-3-5-9)8-10-6-7-11/h10-11H,2-8H2,1H3. The lowest BCUT2D eigenvalue weighted by atomic mass is 9.89. The molecule has 1 fully saturated rings. The van der Waals surface area contributed by atoms with Gasteiger partial charge in [0.25, 0.3) is 0 Å². The molecule has 0 unspecified atom stereocenters. The summed E-state index contributed by atoms with van der Waals surface area (Å²) in [5, 5.41) is 11.8. The quantitative estimate of drug-likeness (QED) is 0.600. The van der Waals surface area contributed by atoms with Gasteiger partial charge in [0.1, 0.15) is 0 Å². The van der Waals surface area contributed by atoms with Crippen molar-refractivity contribution in [1.29, 1.82) is 0 Å². The fourth-order valence-electron chi connectivity index (χ4n) is 1.87. The second-order valence-electron chi connectivity index (χ2n) is 3.92. The lowest BCUT2D eigenvalue weighted by molar-refractivity contribution is 0.265. The first-order valence-electron chi connectivity index (χ1n) is 4.58. The zero-order valence-corrected chi connectivity index (χ0v) is 7.40. The third kappa shape index (κ3) is 2.80. The Morgan fingerprint density at radius 1 is 1.36 bits per heavy atom. The molecule has 1 aliphatic carbocycles. The van der Waals surface area contributed by atoms with Gasteiger partial charge >= 0.3 is 0 Å². The maximum atomic E-state index is 8.56. The van der Waals surface area contributed by atoms with Gasteiger partial charge in [0.15, 0.2) is 0 Å². The Morgan fingerprint density at radius 2 is 2.00 bits per heavy atom. The first kappa shape index (κ1) is 9.01. The molecule has 2 nitrogen and oxygen atoms in total. The summed E-state index contributed by atoms with van der Waals surface area (Å²) in [6, 6.07) is 0. The van der Waals surface area contributed by atoms with Gasteiger partial charge in [-0.25, -0.2) is 0 Å². The highest BCUT2D eigenvalue weighted by atomic mass is 16.3. The van der Waals surface area contributed by atoms with Crippen molar-refractivity contribution in [3.63, 3.8) is 0 Å². The fourth-order valence-corrected chi connectivity index (χ4v) is 1.87. The van der Waals surface area contributed by atoms with E-state index >= 15 is 0 Å².